The third-order valence-corrected chi connectivity index (χ3v) is 5.56. The number of fused-ring (bicyclic) bond motifs is 1. The summed E-state index contributed by atoms with van der Waals surface area (Å²) < 4.78 is 16.1. The van der Waals surface area contributed by atoms with Gasteiger partial charge in [-0.05, 0) is 56.2 Å². The van der Waals surface area contributed by atoms with Gasteiger partial charge in [0.25, 0.3) is 0 Å². The van der Waals surface area contributed by atoms with Gasteiger partial charge in [-0.2, -0.15) is 0 Å². The molecular weight excluding hydrogens is 390 g/mol. The maximum Gasteiger partial charge on any atom is 0.338 e. The lowest BCUT2D eigenvalue weighted by molar-refractivity contribution is -0.113. The van der Waals surface area contributed by atoms with Gasteiger partial charge in [0.15, 0.2) is 6.79 Å². The zero-order chi connectivity index (χ0) is 20.8. The largest absolute Gasteiger partial charge is 0.467 e. The van der Waals surface area contributed by atoms with Gasteiger partial charge >= 0.3 is 5.97 Å². The first-order valence-corrected chi connectivity index (χ1v) is 10.6. The highest BCUT2D eigenvalue weighted by Gasteiger charge is 2.20. The summed E-state index contributed by atoms with van der Waals surface area (Å²) in [5.74, 6) is 1.11. The van der Waals surface area contributed by atoms with Crippen LogP contribution in [0.5, 0.6) is 5.75 Å². The molecule has 2 aromatic rings. The Morgan fingerprint density at radius 1 is 1.17 bits per heavy atom. The summed E-state index contributed by atoms with van der Waals surface area (Å²) in [6.07, 6.45) is 0. The fraction of sp³-hybridized carbons (Fsp3) is 0.364. The van der Waals surface area contributed by atoms with Crippen molar-refractivity contribution in [3.63, 3.8) is 0 Å². The van der Waals surface area contributed by atoms with Crippen molar-refractivity contribution in [1.29, 1.82) is 0 Å². The predicted molar refractivity (Wildman–Crippen MR) is 113 cm³/mol. The lowest BCUT2D eigenvalue weighted by Crippen LogP contribution is -2.16. The summed E-state index contributed by atoms with van der Waals surface area (Å²) in [7, 11) is 0. The number of amides is 1. The first-order chi connectivity index (χ1) is 14.0. The normalized spacial score (nSPS) is 12.7. The highest BCUT2D eigenvalue weighted by molar-refractivity contribution is 7.99. The van der Waals surface area contributed by atoms with Gasteiger partial charge in [0, 0.05) is 22.6 Å². The second-order valence-corrected chi connectivity index (χ2v) is 7.78. The van der Waals surface area contributed by atoms with E-state index >= 15 is 0 Å². The molecule has 0 fully saturated rings. The van der Waals surface area contributed by atoms with E-state index in [0.717, 1.165) is 28.1 Å². The van der Waals surface area contributed by atoms with Crippen molar-refractivity contribution >= 4 is 29.3 Å². The molecule has 1 aliphatic rings. The van der Waals surface area contributed by atoms with Gasteiger partial charge < -0.3 is 19.5 Å². The molecule has 6 nitrogen and oxygen atoms in total. The molecule has 0 aromatic heterocycles. The van der Waals surface area contributed by atoms with Crippen LogP contribution < -0.4 is 10.1 Å². The lowest BCUT2D eigenvalue weighted by atomic mass is 10.0. The molecule has 3 rings (SSSR count). The van der Waals surface area contributed by atoms with E-state index in [0.29, 0.717) is 30.3 Å². The molecule has 1 amide bonds. The summed E-state index contributed by atoms with van der Waals surface area (Å²) in [4.78, 5) is 24.4. The number of carbonyl (C=O) groups is 2. The number of carbonyl (C=O) groups excluding carboxylic acids is 2. The smallest absolute Gasteiger partial charge is 0.338 e. The minimum atomic E-state index is -0.375. The van der Waals surface area contributed by atoms with E-state index in [-0.39, 0.29) is 18.7 Å². The second-order valence-electron chi connectivity index (χ2n) is 6.79. The molecule has 0 spiro atoms. The van der Waals surface area contributed by atoms with Crippen LogP contribution in [0.15, 0.2) is 30.3 Å². The van der Waals surface area contributed by atoms with Crippen LogP contribution in [0.2, 0.25) is 0 Å². The van der Waals surface area contributed by atoms with Gasteiger partial charge in [0.1, 0.15) is 5.75 Å². The van der Waals surface area contributed by atoms with Crippen LogP contribution in [-0.4, -0.2) is 31.0 Å². The molecule has 0 saturated heterocycles. The number of nitrogens with one attached hydrogen (secondary N) is 1. The quantitative estimate of drug-likeness (QED) is 0.683. The number of esters is 1. The molecule has 7 heteroatoms. The van der Waals surface area contributed by atoms with Crippen LogP contribution in [0.25, 0.3) is 0 Å². The van der Waals surface area contributed by atoms with E-state index in [1.165, 1.54) is 17.3 Å². The molecule has 1 aliphatic heterocycles. The third kappa shape index (κ3) is 5.52. The van der Waals surface area contributed by atoms with Crippen LogP contribution in [0.4, 0.5) is 5.69 Å². The van der Waals surface area contributed by atoms with Crippen molar-refractivity contribution in [1.82, 2.24) is 0 Å². The molecule has 2 aromatic carbocycles. The molecular formula is C22H25NO5S. The van der Waals surface area contributed by atoms with E-state index in [4.69, 9.17) is 14.2 Å². The minimum Gasteiger partial charge on any atom is -0.467 e. The molecule has 0 aliphatic carbocycles. The molecule has 0 bridgehead atoms. The van der Waals surface area contributed by atoms with Gasteiger partial charge in [0.2, 0.25) is 5.91 Å². The summed E-state index contributed by atoms with van der Waals surface area (Å²) in [6, 6.07) is 9.37. The predicted octanol–water partition coefficient (Wildman–Crippen LogP) is 4.22. The Morgan fingerprint density at radius 2 is 2.00 bits per heavy atom. The van der Waals surface area contributed by atoms with Crippen LogP contribution in [0, 0.1) is 13.8 Å². The Morgan fingerprint density at radius 3 is 2.76 bits per heavy atom. The molecule has 0 atom stereocenters. The van der Waals surface area contributed by atoms with Crippen molar-refractivity contribution in [2.45, 2.75) is 33.1 Å². The van der Waals surface area contributed by atoms with Gasteiger partial charge in [0.05, 0.1) is 24.5 Å². The zero-order valence-electron chi connectivity index (χ0n) is 16.9. The van der Waals surface area contributed by atoms with Gasteiger partial charge in [-0.3, -0.25) is 4.79 Å². The van der Waals surface area contributed by atoms with E-state index < -0.39 is 0 Å². The molecule has 1 heterocycles. The van der Waals surface area contributed by atoms with Crippen LogP contribution in [0.3, 0.4) is 0 Å². The number of rotatable bonds is 7. The van der Waals surface area contributed by atoms with Crippen LogP contribution >= 0.6 is 11.8 Å². The van der Waals surface area contributed by atoms with Crippen molar-refractivity contribution < 1.29 is 23.8 Å². The number of ether oxygens (including phenoxy) is 3. The lowest BCUT2D eigenvalue weighted by Gasteiger charge is -2.21. The Kier molecular flexibility index (Phi) is 7.17. The molecule has 154 valence electrons. The fourth-order valence-corrected chi connectivity index (χ4v) is 3.80. The van der Waals surface area contributed by atoms with E-state index in [9.17, 15) is 9.59 Å². The molecule has 1 N–H and O–H groups in total. The minimum absolute atomic E-state index is 0.0714. The van der Waals surface area contributed by atoms with E-state index in [1.807, 2.05) is 32.0 Å². The average molecular weight is 416 g/mol. The maximum atomic E-state index is 12.3. The topological polar surface area (TPSA) is 73.9 Å². The SMILES string of the molecule is CCOC(=O)c1cc2c(c(CSCC(=O)Nc3ccc(C)c(C)c3)c1)OCOC2. The Hall–Kier alpha value is -2.51. The Labute approximate surface area is 174 Å². The number of benzene rings is 2. The monoisotopic (exact) mass is 415 g/mol. The zero-order valence-corrected chi connectivity index (χ0v) is 17.7. The van der Waals surface area contributed by atoms with Crippen LogP contribution in [0.1, 0.15) is 39.5 Å². The van der Waals surface area contributed by atoms with Gasteiger partial charge in [-0.25, -0.2) is 4.79 Å². The average Bonchev–Trinajstić information content (AvgIpc) is 2.70. The summed E-state index contributed by atoms with van der Waals surface area (Å²) >= 11 is 1.46. The number of anilines is 1. The summed E-state index contributed by atoms with van der Waals surface area (Å²) in [5.41, 5.74) is 5.26. The number of thioether (sulfide) groups is 1. The van der Waals surface area contributed by atoms with Crippen molar-refractivity contribution in [2.75, 3.05) is 24.5 Å². The van der Waals surface area contributed by atoms with Crippen molar-refractivity contribution in [2.24, 2.45) is 0 Å². The second kappa shape index (κ2) is 9.80. The fourth-order valence-electron chi connectivity index (χ4n) is 3.01. The number of aryl methyl sites for hydroxylation is 2. The third-order valence-electron chi connectivity index (χ3n) is 4.58. The van der Waals surface area contributed by atoms with Crippen molar-refractivity contribution in [3.05, 3.63) is 58.1 Å². The first kappa shape index (κ1) is 21.2. The highest BCUT2D eigenvalue weighted by atomic mass is 32.2. The number of hydrogen-bond donors (Lipinski definition) is 1. The number of hydrogen-bond acceptors (Lipinski definition) is 6. The van der Waals surface area contributed by atoms with Gasteiger partial charge in [-0.1, -0.05) is 6.07 Å². The van der Waals surface area contributed by atoms with E-state index in [1.54, 1.807) is 19.1 Å². The Bertz CT molecular complexity index is 912. The maximum absolute atomic E-state index is 12.3. The van der Waals surface area contributed by atoms with Gasteiger partial charge in [-0.15, -0.1) is 11.8 Å². The Balaban J connectivity index is 1.64. The molecule has 0 unspecified atom stereocenters. The molecule has 0 saturated carbocycles. The van der Waals surface area contributed by atoms with Crippen LogP contribution in [-0.2, 0) is 26.6 Å². The summed E-state index contributed by atoms with van der Waals surface area (Å²) in [6.45, 7) is 6.70. The molecule has 29 heavy (non-hydrogen) atoms. The molecule has 0 radical (unpaired) electrons. The van der Waals surface area contributed by atoms with E-state index in [2.05, 4.69) is 5.32 Å². The standard InChI is InChI=1S/C22H25NO5S/c1-4-27-22(25)16-8-17-10-26-13-28-21(17)18(9-16)11-29-12-20(24)23-19-6-5-14(2)15(3)7-19/h5-9H,4,10-13H2,1-3H3,(H,23,24). The highest BCUT2D eigenvalue weighted by Crippen LogP contribution is 2.32. The first-order valence-electron chi connectivity index (χ1n) is 9.46. The van der Waals surface area contributed by atoms with Crippen molar-refractivity contribution in [3.8, 4) is 5.75 Å². The summed E-state index contributed by atoms with van der Waals surface area (Å²) in [5, 5.41) is 2.92.